The molecule has 5 nitrogen and oxygen atoms in total. The lowest BCUT2D eigenvalue weighted by atomic mass is 10.1. The van der Waals surface area contributed by atoms with Crippen molar-refractivity contribution in [2.75, 3.05) is 13.1 Å². The fraction of sp³-hybridized carbons (Fsp3) is 0.500. The number of nitrogens with zero attached hydrogens (tertiary/aromatic N) is 1. The Morgan fingerprint density at radius 1 is 1.05 bits per heavy atom. The topological polar surface area (TPSA) is 74.7 Å². The van der Waals surface area contributed by atoms with Crippen LogP contribution >= 0.6 is 0 Å². The third-order valence-electron chi connectivity index (χ3n) is 3.51. The lowest BCUT2D eigenvalue weighted by Gasteiger charge is -2.19. The van der Waals surface area contributed by atoms with Crippen LogP contribution in [0.5, 0.6) is 0 Å². The van der Waals surface area contributed by atoms with Crippen molar-refractivity contribution in [1.29, 1.82) is 0 Å². The van der Waals surface area contributed by atoms with Crippen molar-refractivity contribution in [2.45, 2.75) is 31.4 Å². The van der Waals surface area contributed by atoms with Crippen LogP contribution in [0.4, 0.5) is 0 Å². The molecule has 1 saturated heterocycles. The van der Waals surface area contributed by atoms with E-state index in [1.54, 1.807) is 16.4 Å². The van der Waals surface area contributed by atoms with Crippen LogP contribution in [0.15, 0.2) is 24.3 Å². The third kappa shape index (κ3) is 3.80. The number of hydrogen-bond donors (Lipinski definition) is 1. The molecule has 0 atom stereocenters. The van der Waals surface area contributed by atoms with Crippen molar-refractivity contribution >= 4 is 16.0 Å². The molecule has 0 aromatic heterocycles. The monoisotopic (exact) mass is 297 g/mol. The van der Waals surface area contributed by atoms with Gasteiger partial charge in [-0.1, -0.05) is 25.0 Å². The highest BCUT2D eigenvalue weighted by Gasteiger charge is 2.23. The lowest BCUT2D eigenvalue weighted by molar-refractivity contribution is 0.0697. The Balaban J connectivity index is 2.08. The van der Waals surface area contributed by atoms with Gasteiger partial charge in [-0.3, -0.25) is 0 Å². The Hall–Kier alpha value is -1.40. The maximum Gasteiger partial charge on any atom is 0.335 e. The van der Waals surface area contributed by atoms with Crippen LogP contribution in [0.3, 0.4) is 0 Å². The van der Waals surface area contributed by atoms with Gasteiger partial charge in [0, 0.05) is 13.1 Å². The minimum absolute atomic E-state index is 0.0626. The molecule has 0 saturated carbocycles. The van der Waals surface area contributed by atoms with Gasteiger partial charge in [0.2, 0.25) is 10.0 Å². The molecular weight excluding hydrogens is 278 g/mol. The minimum atomic E-state index is -3.31. The van der Waals surface area contributed by atoms with Gasteiger partial charge in [0.1, 0.15) is 0 Å². The molecular formula is C14H19NO4S. The normalized spacial score (nSPS) is 17.6. The summed E-state index contributed by atoms with van der Waals surface area (Å²) < 4.78 is 26.2. The molecule has 1 aromatic carbocycles. The summed E-state index contributed by atoms with van der Waals surface area (Å²) in [6.45, 7) is 1.19. The second-order valence-electron chi connectivity index (χ2n) is 5.07. The molecule has 1 aliphatic rings. The maximum absolute atomic E-state index is 12.3. The number of carboxylic acids is 1. The van der Waals surface area contributed by atoms with Crippen LogP contribution in [0.2, 0.25) is 0 Å². The van der Waals surface area contributed by atoms with Crippen LogP contribution in [0.1, 0.15) is 41.6 Å². The molecule has 0 aliphatic carbocycles. The Morgan fingerprint density at radius 2 is 1.60 bits per heavy atom. The van der Waals surface area contributed by atoms with Crippen LogP contribution in [-0.2, 0) is 15.8 Å². The zero-order valence-corrected chi connectivity index (χ0v) is 12.1. The van der Waals surface area contributed by atoms with Gasteiger partial charge in [-0.15, -0.1) is 0 Å². The summed E-state index contributed by atoms with van der Waals surface area (Å²) in [5.74, 6) is -1.07. The van der Waals surface area contributed by atoms with Crippen molar-refractivity contribution in [2.24, 2.45) is 0 Å². The average Bonchev–Trinajstić information content (AvgIpc) is 2.68. The van der Waals surface area contributed by atoms with Crippen molar-refractivity contribution in [3.05, 3.63) is 35.4 Å². The predicted molar refractivity (Wildman–Crippen MR) is 76.1 cm³/mol. The van der Waals surface area contributed by atoms with E-state index in [0.717, 1.165) is 25.7 Å². The van der Waals surface area contributed by atoms with Gasteiger partial charge in [-0.05, 0) is 30.5 Å². The number of hydrogen-bond acceptors (Lipinski definition) is 3. The van der Waals surface area contributed by atoms with Crippen LogP contribution < -0.4 is 0 Å². The summed E-state index contributed by atoms with van der Waals surface area (Å²) in [7, 11) is -3.31. The first-order valence-corrected chi connectivity index (χ1v) is 8.40. The smallest absolute Gasteiger partial charge is 0.335 e. The zero-order chi connectivity index (χ0) is 14.6. The Kier molecular flexibility index (Phi) is 4.77. The van der Waals surface area contributed by atoms with Gasteiger partial charge in [0.05, 0.1) is 11.3 Å². The largest absolute Gasteiger partial charge is 0.478 e. The van der Waals surface area contributed by atoms with Gasteiger partial charge >= 0.3 is 5.97 Å². The molecule has 0 spiro atoms. The fourth-order valence-corrected chi connectivity index (χ4v) is 3.98. The molecule has 1 N–H and O–H groups in total. The molecule has 1 fully saturated rings. The molecule has 110 valence electrons. The summed E-state index contributed by atoms with van der Waals surface area (Å²) in [5.41, 5.74) is 0.792. The van der Waals surface area contributed by atoms with E-state index in [2.05, 4.69) is 0 Å². The van der Waals surface area contributed by atoms with Crippen LogP contribution in [-0.4, -0.2) is 36.9 Å². The molecule has 0 bridgehead atoms. The quantitative estimate of drug-likeness (QED) is 0.923. The van der Waals surface area contributed by atoms with E-state index in [4.69, 9.17) is 5.11 Å². The molecule has 0 radical (unpaired) electrons. The van der Waals surface area contributed by atoms with Gasteiger partial charge in [-0.2, -0.15) is 0 Å². The third-order valence-corrected chi connectivity index (χ3v) is 5.36. The second kappa shape index (κ2) is 6.37. The minimum Gasteiger partial charge on any atom is -0.478 e. The van der Waals surface area contributed by atoms with Crippen LogP contribution in [0, 0.1) is 0 Å². The summed E-state index contributed by atoms with van der Waals surface area (Å²) in [6.07, 6.45) is 3.99. The van der Waals surface area contributed by atoms with E-state index in [-0.39, 0.29) is 11.3 Å². The van der Waals surface area contributed by atoms with Crippen molar-refractivity contribution in [3.8, 4) is 0 Å². The van der Waals surface area contributed by atoms with E-state index in [1.807, 2.05) is 0 Å². The SMILES string of the molecule is O=C(O)c1ccc(CS(=O)(=O)N2CCCCCC2)cc1. The van der Waals surface area contributed by atoms with E-state index in [9.17, 15) is 13.2 Å². The molecule has 20 heavy (non-hydrogen) atoms. The van der Waals surface area contributed by atoms with E-state index < -0.39 is 16.0 Å². The Labute approximate surface area is 119 Å². The van der Waals surface area contributed by atoms with Crippen molar-refractivity contribution < 1.29 is 18.3 Å². The van der Waals surface area contributed by atoms with Crippen molar-refractivity contribution in [1.82, 2.24) is 4.31 Å². The Morgan fingerprint density at radius 3 is 2.10 bits per heavy atom. The van der Waals surface area contributed by atoms with E-state index in [1.165, 1.54) is 12.1 Å². The number of benzene rings is 1. The van der Waals surface area contributed by atoms with Crippen molar-refractivity contribution in [3.63, 3.8) is 0 Å². The maximum atomic E-state index is 12.3. The predicted octanol–water partition coefficient (Wildman–Crippen LogP) is 2.09. The number of rotatable bonds is 4. The number of aromatic carboxylic acids is 1. The standard InChI is InChI=1S/C14H19NO4S/c16-14(17)13-7-5-12(6-8-13)11-20(18,19)15-9-3-1-2-4-10-15/h5-8H,1-4,9-11H2,(H,16,17). The molecule has 0 unspecified atom stereocenters. The zero-order valence-electron chi connectivity index (χ0n) is 11.3. The fourth-order valence-electron chi connectivity index (χ4n) is 2.37. The number of carboxylic acid groups (broad SMARTS) is 1. The Bertz CT molecular complexity index is 557. The highest BCUT2D eigenvalue weighted by molar-refractivity contribution is 7.88. The molecule has 1 heterocycles. The van der Waals surface area contributed by atoms with Gasteiger partial charge in [0.15, 0.2) is 0 Å². The molecule has 6 heteroatoms. The summed E-state index contributed by atoms with van der Waals surface area (Å²) in [6, 6.07) is 6.02. The summed E-state index contributed by atoms with van der Waals surface area (Å²) in [5, 5.41) is 8.82. The van der Waals surface area contributed by atoms with Gasteiger partial charge in [0.25, 0.3) is 0 Å². The molecule has 1 aromatic rings. The summed E-state index contributed by atoms with van der Waals surface area (Å²) in [4.78, 5) is 10.8. The van der Waals surface area contributed by atoms with Gasteiger partial charge < -0.3 is 5.11 Å². The molecule has 0 amide bonds. The molecule has 2 rings (SSSR count). The first-order valence-electron chi connectivity index (χ1n) is 6.79. The first-order chi connectivity index (χ1) is 9.49. The highest BCUT2D eigenvalue weighted by Crippen LogP contribution is 2.17. The highest BCUT2D eigenvalue weighted by atomic mass is 32.2. The van der Waals surface area contributed by atoms with E-state index in [0.29, 0.717) is 18.7 Å². The number of sulfonamides is 1. The first kappa shape index (κ1) is 15.0. The second-order valence-corrected chi connectivity index (χ2v) is 7.04. The number of carbonyl (C=O) groups is 1. The van der Waals surface area contributed by atoms with E-state index >= 15 is 0 Å². The van der Waals surface area contributed by atoms with Crippen LogP contribution in [0.25, 0.3) is 0 Å². The summed E-state index contributed by atoms with van der Waals surface area (Å²) >= 11 is 0. The lowest BCUT2D eigenvalue weighted by Crippen LogP contribution is -2.32. The molecule has 1 aliphatic heterocycles. The van der Waals surface area contributed by atoms with Gasteiger partial charge in [-0.25, -0.2) is 17.5 Å². The average molecular weight is 297 g/mol.